The summed E-state index contributed by atoms with van der Waals surface area (Å²) in [6.45, 7) is 9.98. The molecule has 16 heavy (non-hydrogen) atoms. The molecule has 0 fully saturated rings. The van der Waals surface area contributed by atoms with Crippen molar-refractivity contribution in [2.45, 2.75) is 33.1 Å². The summed E-state index contributed by atoms with van der Waals surface area (Å²) < 4.78 is 13.0. The first kappa shape index (κ1) is 12.6. The second kappa shape index (κ2) is 4.60. The number of hydrogen-bond acceptors (Lipinski definition) is 3. The molecule has 0 bridgehead atoms. The fraction of sp³-hybridized carbons (Fsp3) is 0.500. The maximum atomic E-state index is 13.0. The topological polar surface area (TPSA) is 51.8 Å². The van der Waals surface area contributed by atoms with Crippen LogP contribution in [0.15, 0.2) is 18.9 Å². The zero-order valence-electron chi connectivity index (χ0n) is 10.00. The Labute approximate surface area is 95.6 Å². The number of halogens is 1. The van der Waals surface area contributed by atoms with Crippen molar-refractivity contribution in [3.63, 3.8) is 0 Å². The van der Waals surface area contributed by atoms with Crippen LogP contribution >= 0.6 is 0 Å². The van der Waals surface area contributed by atoms with Gasteiger partial charge in [-0.2, -0.15) is 0 Å². The van der Waals surface area contributed by atoms with Crippen LogP contribution in [0, 0.1) is 11.2 Å². The van der Waals surface area contributed by atoms with E-state index in [0.717, 1.165) is 12.6 Å². The molecule has 0 spiro atoms. The Bertz CT molecular complexity index is 382. The van der Waals surface area contributed by atoms with Crippen LogP contribution in [0.5, 0.6) is 0 Å². The van der Waals surface area contributed by atoms with E-state index in [0.29, 0.717) is 5.82 Å². The molecular formula is C12H18FN3. The lowest BCUT2D eigenvalue weighted by Crippen LogP contribution is -2.21. The van der Waals surface area contributed by atoms with Crippen molar-refractivity contribution in [2.75, 3.05) is 5.73 Å². The Morgan fingerprint density at radius 2 is 2.19 bits per heavy atom. The Kier molecular flexibility index (Phi) is 3.62. The van der Waals surface area contributed by atoms with Gasteiger partial charge < -0.3 is 5.73 Å². The van der Waals surface area contributed by atoms with Gasteiger partial charge in [-0.3, -0.25) is 0 Å². The molecule has 1 aromatic rings. The van der Waals surface area contributed by atoms with Gasteiger partial charge in [0.25, 0.3) is 0 Å². The molecule has 3 nitrogen and oxygen atoms in total. The van der Waals surface area contributed by atoms with Gasteiger partial charge in [0, 0.05) is 5.92 Å². The van der Waals surface area contributed by atoms with E-state index in [1.165, 1.54) is 0 Å². The van der Waals surface area contributed by atoms with Crippen molar-refractivity contribution in [2.24, 2.45) is 5.41 Å². The third-order valence-electron chi connectivity index (χ3n) is 2.55. The standard InChI is InChI=1S/C12H18FN3/c1-5-6-8(12(2,3)4)11-15-7-9(13)10(14)16-11/h5,7-8H,1,6H2,2-4H3,(H2,14,15,16). The molecule has 1 rings (SSSR count). The number of nitrogens with zero attached hydrogens (tertiary/aromatic N) is 2. The zero-order chi connectivity index (χ0) is 12.3. The molecule has 88 valence electrons. The number of nitrogen functional groups attached to an aromatic ring is 1. The lowest BCUT2D eigenvalue weighted by atomic mass is 9.78. The average Bonchev–Trinajstić information content (AvgIpc) is 2.17. The summed E-state index contributed by atoms with van der Waals surface area (Å²) in [5.74, 6) is -0.00229. The molecule has 0 saturated carbocycles. The van der Waals surface area contributed by atoms with Crippen LogP contribution in [0.4, 0.5) is 10.2 Å². The van der Waals surface area contributed by atoms with Crippen LogP contribution in [0.25, 0.3) is 0 Å². The van der Waals surface area contributed by atoms with Gasteiger partial charge in [0.05, 0.1) is 6.20 Å². The molecule has 0 saturated heterocycles. The van der Waals surface area contributed by atoms with E-state index >= 15 is 0 Å². The molecule has 1 heterocycles. The Hall–Kier alpha value is -1.45. The predicted octanol–water partition coefficient (Wildman–Crippen LogP) is 2.90. The third-order valence-corrected chi connectivity index (χ3v) is 2.55. The summed E-state index contributed by atoms with van der Waals surface area (Å²) in [6.07, 6.45) is 3.69. The highest BCUT2D eigenvalue weighted by atomic mass is 19.1. The van der Waals surface area contributed by atoms with Gasteiger partial charge >= 0.3 is 0 Å². The summed E-state index contributed by atoms with van der Waals surface area (Å²) >= 11 is 0. The van der Waals surface area contributed by atoms with Crippen molar-refractivity contribution in [3.8, 4) is 0 Å². The summed E-state index contributed by atoms with van der Waals surface area (Å²) in [7, 11) is 0. The second-order valence-corrected chi connectivity index (χ2v) is 4.90. The number of nitrogens with two attached hydrogens (primary N) is 1. The monoisotopic (exact) mass is 223 g/mol. The Morgan fingerprint density at radius 3 is 2.62 bits per heavy atom. The van der Waals surface area contributed by atoms with Crippen molar-refractivity contribution < 1.29 is 4.39 Å². The van der Waals surface area contributed by atoms with E-state index < -0.39 is 5.82 Å². The highest BCUT2D eigenvalue weighted by Crippen LogP contribution is 2.36. The number of rotatable bonds is 3. The molecule has 0 aliphatic carbocycles. The lowest BCUT2D eigenvalue weighted by Gasteiger charge is -2.28. The highest BCUT2D eigenvalue weighted by Gasteiger charge is 2.27. The van der Waals surface area contributed by atoms with Crippen molar-refractivity contribution >= 4 is 5.82 Å². The van der Waals surface area contributed by atoms with Crippen LogP contribution in [0.2, 0.25) is 0 Å². The minimum Gasteiger partial charge on any atom is -0.381 e. The van der Waals surface area contributed by atoms with Crippen molar-refractivity contribution in [1.82, 2.24) is 9.97 Å². The summed E-state index contributed by atoms with van der Waals surface area (Å²) in [5.41, 5.74) is 5.43. The molecule has 4 heteroatoms. The number of allylic oxidation sites excluding steroid dienone is 1. The maximum absolute atomic E-state index is 13.0. The van der Waals surface area contributed by atoms with E-state index in [2.05, 4.69) is 37.3 Å². The van der Waals surface area contributed by atoms with E-state index in [-0.39, 0.29) is 17.2 Å². The Morgan fingerprint density at radius 1 is 1.56 bits per heavy atom. The highest BCUT2D eigenvalue weighted by molar-refractivity contribution is 5.29. The number of hydrogen-bond donors (Lipinski definition) is 1. The first-order chi connectivity index (χ1) is 7.36. The molecule has 1 aromatic heterocycles. The predicted molar refractivity (Wildman–Crippen MR) is 63.4 cm³/mol. The number of anilines is 1. The van der Waals surface area contributed by atoms with Gasteiger partial charge in [-0.25, -0.2) is 14.4 Å². The molecule has 0 aliphatic heterocycles. The summed E-state index contributed by atoms with van der Waals surface area (Å²) in [5, 5.41) is 0. The van der Waals surface area contributed by atoms with E-state index in [1.807, 2.05) is 6.08 Å². The fourth-order valence-corrected chi connectivity index (χ4v) is 1.58. The first-order valence-corrected chi connectivity index (χ1v) is 5.25. The van der Waals surface area contributed by atoms with Gasteiger partial charge in [0.1, 0.15) is 5.82 Å². The van der Waals surface area contributed by atoms with Crippen LogP contribution in [-0.4, -0.2) is 9.97 Å². The fourth-order valence-electron chi connectivity index (χ4n) is 1.58. The lowest BCUT2D eigenvalue weighted by molar-refractivity contribution is 0.309. The maximum Gasteiger partial charge on any atom is 0.183 e. The van der Waals surface area contributed by atoms with Gasteiger partial charge in [0.15, 0.2) is 11.6 Å². The molecule has 0 amide bonds. The van der Waals surface area contributed by atoms with Gasteiger partial charge in [-0.15, -0.1) is 6.58 Å². The molecular weight excluding hydrogens is 205 g/mol. The van der Waals surface area contributed by atoms with Crippen LogP contribution in [0.3, 0.4) is 0 Å². The first-order valence-electron chi connectivity index (χ1n) is 5.25. The SMILES string of the molecule is C=CCC(c1ncc(F)c(N)n1)C(C)(C)C. The van der Waals surface area contributed by atoms with E-state index in [4.69, 9.17) is 5.73 Å². The largest absolute Gasteiger partial charge is 0.381 e. The molecule has 0 aromatic carbocycles. The molecule has 1 atom stereocenters. The third kappa shape index (κ3) is 2.78. The Balaban J connectivity index is 3.11. The van der Waals surface area contributed by atoms with Gasteiger partial charge in [-0.05, 0) is 11.8 Å². The zero-order valence-corrected chi connectivity index (χ0v) is 10.00. The molecule has 0 aliphatic rings. The number of aromatic nitrogens is 2. The minimum atomic E-state index is -0.574. The molecule has 0 radical (unpaired) electrons. The van der Waals surface area contributed by atoms with Gasteiger partial charge in [-0.1, -0.05) is 26.8 Å². The van der Waals surface area contributed by atoms with Crippen molar-refractivity contribution in [1.29, 1.82) is 0 Å². The normalized spacial score (nSPS) is 13.5. The quantitative estimate of drug-likeness (QED) is 0.801. The van der Waals surface area contributed by atoms with E-state index in [9.17, 15) is 4.39 Å². The van der Waals surface area contributed by atoms with Crippen molar-refractivity contribution in [3.05, 3.63) is 30.5 Å². The molecule has 1 unspecified atom stereocenters. The minimum absolute atomic E-state index is 0.0154. The van der Waals surface area contributed by atoms with Gasteiger partial charge in [0.2, 0.25) is 0 Å². The van der Waals surface area contributed by atoms with Crippen LogP contribution < -0.4 is 5.73 Å². The average molecular weight is 223 g/mol. The smallest absolute Gasteiger partial charge is 0.183 e. The van der Waals surface area contributed by atoms with Crippen LogP contribution in [-0.2, 0) is 0 Å². The molecule has 2 N–H and O–H groups in total. The van der Waals surface area contributed by atoms with Crippen LogP contribution in [0.1, 0.15) is 38.9 Å². The summed E-state index contributed by atoms with van der Waals surface area (Å²) in [6, 6.07) is 0. The second-order valence-electron chi connectivity index (χ2n) is 4.90. The van der Waals surface area contributed by atoms with E-state index in [1.54, 1.807) is 0 Å². The summed E-state index contributed by atoms with van der Waals surface area (Å²) in [4.78, 5) is 8.01.